The Morgan fingerprint density at radius 3 is 2.59 bits per heavy atom. The molecule has 0 saturated heterocycles. The average Bonchev–Trinajstić information content (AvgIpc) is 3.47. The van der Waals surface area contributed by atoms with Crippen LogP contribution in [0, 0.1) is 16.7 Å². The molecule has 0 saturated carbocycles. The lowest BCUT2D eigenvalue weighted by Gasteiger charge is -2.42. The highest BCUT2D eigenvalue weighted by Crippen LogP contribution is 2.52. The van der Waals surface area contributed by atoms with Crippen molar-refractivity contribution in [1.82, 2.24) is 10.2 Å². The summed E-state index contributed by atoms with van der Waals surface area (Å²) in [5, 5.41) is 22.3. The number of hydrogen-bond acceptors (Lipinski definition) is 12. The van der Waals surface area contributed by atoms with Crippen LogP contribution in [-0.4, -0.2) is 49.0 Å². The van der Waals surface area contributed by atoms with E-state index in [1.165, 1.54) is 30.2 Å². The van der Waals surface area contributed by atoms with Gasteiger partial charge in [0.05, 0.1) is 50.3 Å². The Kier molecular flexibility index (Phi) is 8.85. The number of benzene rings is 2. The van der Waals surface area contributed by atoms with Gasteiger partial charge in [-0.15, -0.1) is 10.2 Å². The molecule has 5 rings (SSSR count). The van der Waals surface area contributed by atoms with Crippen molar-refractivity contribution in [2.75, 3.05) is 37.3 Å². The summed E-state index contributed by atoms with van der Waals surface area (Å²) in [6.07, 6.45) is 0.831. The molecule has 2 aromatic carbocycles. The van der Waals surface area contributed by atoms with E-state index in [1.807, 2.05) is 26.0 Å². The minimum absolute atomic E-state index is 0.0727. The maximum absolute atomic E-state index is 13.9. The Bertz CT molecular complexity index is 1720. The normalized spacial score (nSPS) is 17.6. The number of ketones is 1. The number of nitrogens with one attached hydrogen (secondary N) is 1. The molecule has 2 aliphatic rings. The molecule has 1 unspecified atom stereocenters. The summed E-state index contributed by atoms with van der Waals surface area (Å²) >= 11 is 2.45. The molecule has 0 radical (unpaired) electrons. The number of nitrogens with two attached hydrogens (primary N) is 1. The first kappa shape index (κ1) is 30.9. The highest BCUT2D eigenvalue weighted by Gasteiger charge is 2.46. The fourth-order valence-corrected chi connectivity index (χ4v) is 7.19. The SMILES string of the molecule is COc1ccc(C2C(C#N)=C(N)N(c3nnc(SCC(=O)Nc4ccccc4OC)s3)C3=C2C(=O)CC(C)(C)C3)c(OC)c1. The molecule has 1 aromatic heterocycles. The topological polar surface area (TPSA) is 153 Å². The number of methoxy groups -OCH3 is 3. The van der Waals surface area contributed by atoms with E-state index < -0.39 is 5.92 Å². The third kappa shape index (κ3) is 5.95. The fraction of sp³-hybridized carbons (Fsp3) is 0.323. The number of thioether (sulfide) groups is 1. The van der Waals surface area contributed by atoms with E-state index in [2.05, 4.69) is 21.6 Å². The maximum Gasteiger partial charge on any atom is 0.234 e. The third-order valence-electron chi connectivity index (χ3n) is 7.43. The van der Waals surface area contributed by atoms with Gasteiger partial charge < -0.3 is 25.3 Å². The lowest BCUT2D eigenvalue weighted by molar-refractivity contribution is -0.118. The number of carbonyl (C=O) groups is 2. The van der Waals surface area contributed by atoms with Crippen molar-refractivity contribution < 1.29 is 23.8 Å². The second-order valence-electron chi connectivity index (χ2n) is 11.0. The number of ether oxygens (including phenoxy) is 3. The molecule has 3 aromatic rings. The summed E-state index contributed by atoms with van der Waals surface area (Å²) in [5.41, 5.74) is 8.98. The lowest BCUT2D eigenvalue weighted by atomic mass is 9.68. The quantitative estimate of drug-likeness (QED) is 0.298. The van der Waals surface area contributed by atoms with Crippen molar-refractivity contribution >= 4 is 45.6 Å². The van der Waals surface area contributed by atoms with Gasteiger partial charge in [-0.3, -0.25) is 14.5 Å². The number of para-hydroxylation sites is 2. The molecule has 1 amide bonds. The van der Waals surface area contributed by atoms with Crippen LogP contribution in [-0.2, 0) is 9.59 Å². The van der Waals surface area contributed by atoms with Gasteiger partial charge in [0, 0.05) is 29.3 Å². The smallest absolute Gasteiger partial charge is 0.234 e. The van der Waals surface area contributed by atoms with Crippen molar-refractivity contribution in [3.63, 3.8) is 0 Å². The molecule has 1 aliphatic carbocycles. The highest BCUT2D eigenvalue weighted by atomic mass is 32.2. The van der Waals surface area contributed by atoms with Crippen LogP contribution in [0.1, 0.15) is 38.2 Å². The van der Waals surface area contributed by atoms with Crippen molar-refractivity contribution in [3.8, 4) is 23.3 Å². The molecule has 44 heavy (non-hydrogen) atoms. The van der Waals surface area contributed by atoms with Gasteiger partial charge in [0.25, 0.3) is 0 Å². The number of allylic oxidation sites excluding steroid dienone is 3. The minimum Gasteiger partial charge on any atom is -0.497 e. The summed E-state index contributed by atoms with van der Waals surface area (Å²) in [7, 11) is 4.63. The zero-order chi connectivity index (χ0) is 31.6. The first-order chi connectivity index (χ1) is 21.1. The van der Waals surface area contributed by atoms with Crippen LogP contribution in [0.15, 0.2) is 69.5 Å². The first-order valence-corrected chi connectivity index (χ1v) is 15.5. The number of amides is 1. The van der Waals surface area contributed by atoms with Crippen LogP contribution in [0.3, 0.4) is 0 Å². The van der Waals surface area contributed by atoms with Gasteiger partial charge in [-0.05, 0) is 30.0 Å². The maximum atomic E-state index is 13.9. The van der Waals surface area contributed by atoms with Crippen LogP contribution in [0.4, 0.5) is 10.8 Å². The average molecular weight is 633 g/mol. The number of Topliss-reactive ketones (excluding diaryl/α,β-unsaturated/α-hetero) is 1. The Labute approximate surface area is 263 Å². The van der Waals surface area contributed by atoms with Crippen molar-refractivity contribution in [2.45, 2.75) is 36.9 Å². The zero-order valence-electron chi connectivity index (χ0n) is 25.0. The van der Waals surface area contributed by atoms with Crippen LogP contribution < -0.4 is 30.2 Å². The molecule has 13 heteroatoms. The van der Waals surface area contributed by atoms with E-state index >= 15 is 0 Å². The van der Waals surface area contributed by atoms with Gasteiger partial charge in [0.15, 0.2) is 10.1 Å². The number of hydrogen-bond donors (Lipinski definition) is 2. The number of nitrogens with zero attached hydrogens (tertiary/aromatic N) is 4. The summed E-state index contributed by atoms with van der Waals surface area (Å²) < 4.78 is 16.9. The van der Waals surface area contributed by atoms with E-state index in [9.17, 15) is 14.9 Å². The molecular weight excluding hydrogens is 601 g/mol. The van der Waals surface area contributed by atoms with Crippen molar-refractivity contribution in [2.24, 2.45) is 11.1 Å². The summed E-state index contributed by atoms with van der Waals surface area (Å²) in [5.74, 6) is 0.841. The molecule has 1 atom stereocenters. The van der Waals surface area contributed by atoms with Crippen molar-refractivity contribution in [3.05, 3.63) is 70.7 Å². The van der Waals surface area contributed by atoms with E-state index in [-0.39, 0.29) is 34.3 Å². The third-order valence-corrected chi connectivity index (χ3v) is 9.47. The van der Waals surface area contributed by atoms with Crippen LogP contribution in [0.2, 0.25) is 0 Å². The molecule has 228 valence electrons. The Hall–Kier alpha value is -4.54. The summed E-state index contributed by atoms with van der Waals surface area (Å²) in [4.78, 5) is 28.2. The lowest BCUT2D eigenvalue weighted by Crippen LogP contribution is -2.42. The van der Waals surface area contributed by atoms with Crippen LogP contribution in [0.25, 0.3) is 0 Å². The van der Waals surface area contributed by atoms with Crippen LogP contribution in [0.5, 0.6) is 17.2 Å². The molecule has 2 heterocycles. The van der Waals surface area contributed by atoms with Crippen molar-refractivity contribution in [1.29, 1.82) is 5.26 Å². The summed E-state index contributed by atoms with van der Waals surface area (Å²) in [6, 6.07) is 14.7. The van der Waals surface area contributed by atoms with E-state index in [4.69, 9.17) is 19.9 Å². The Morgan fingerprint density at radius 1 is 1.14 bits per heavy atom. The van der Waals surface area contributed by atoms with Crippen LogP contribution >= 0.6 is 23.1 Å². The predicted molar refractivity (Wildman–Crippen MR) is 169 cm³/mol. The number of carbonyl (C=O) groups excluding carboxylic acids is 2. The van der Waals surface area contributed by atoms with Gasteiger partial charge in [0.1, 0.15) is 23.1 Å². The molecule has 0 spiro atoms. The van der Waals surface area contributed by atoms with E-state index in [0.717, 1.165) is 0 Å². The number of rotatable bonds is 9. The van der Waals surface area contributed by atoms with Gasteiger partial charge in [-0.2, -0.15) is 5.26 Å². The fourth-order valence-electron chi connectivity index (χ4n) is 5.51. The second-order valence-corrected chi connectivity index (χ2v) is 13.2. The van der Waals surface area contributed by atoms with E-state index in [1.54, 1.807) is 49.5 Å². The monoisotopic (exact) mass is 632 g/mol. The Balaban J connectivity index is 1.49. The Morgan fingerprint density at radius 2 is 1.89 bits per heavy atom. The molecule has 1 aliphatic heterocycles. The van der Waals surface area contributed by atoms with Gasteiger partial charge in [-0.25, -0.2) is 0 Å². The van der Waals surface area contributed by atoms with Gasteiger partial charge in [0.2, 0.25) is 11.0 Å². The number of aromatic nitrogens is 2. The number of nitriles is 1. The second kappa shape index (κ2) is 12.6. The molecule has 0 fully saturated rings. The zero-order valence-corrected chi connectivity index (χ0v) is 26.6. The van der Waals surface area contributed by atoms with E-state index in [0.29, 0.717) is 62.1 Å². The molecular formula is C31H32N6O5S2. The van der Waals surface area contributed by atoms with Gasteiger partial charge in [-0.1, -0.05) is 55.1 Å². The summed E-state index contributed by atoms with van der Waals surface area (Å²) in [6.45, 7) is 4.05. The molecule has 0 bridgehead atoms. The minimum atomic E-state index is -0.726. The standard InChI is InChI=1S/C31H32N6O5S2/c1-31(2)13-21-27(22(38)14-31)26(18-11-10-17(40-3)12-24(18)42-5)19(15-32)28(33)37(21)29-35-36-30(44-29)43-16-25(39)34-20-8-6-7-9-23(20)41-4/h6-12,26H,13-14,16,33H2,1-5H3,(H,34,39). The first-order valence-electron chi connectivity index (χ1n) is 13.7. The highest BCUT2D eigenvalue weighted by molar-refractivity contribution is 8.01. The largest absolute Gasteiger partial charge is 0.497 e. The predicted octanol–water partition coefficient (Wildman–Crippen LogP) is 5.24. The molecule has 11 nitrogen and oxygen atoms in total. The molecule has 3 N–H and O–H groups in total. The number of anilines is 2. The van der Waals surface area contributed by atoms with Gasteiger partial charge >= 0.3 is 0 Å².